The van der Waals surface area contributed by atoms with Crippen LogP contribution in [-0.4, -0.2) is 22.9 Å². The lowest BCUT2D eigenvalue weighted by atomic mass is 10.4. The third-order valence-corrected chi connectivity index (χ3v) is 1.13. The molecule has 1 aromatic rings. The molecule has 0 fully saturated rings. The summed E-state index contributed by atoms with van der Waals surface area (Å²) in [5.41, 5.74) is 0.127. The van der Waals surface area contributed by atoms with E-state index >= 15 is 0 Å². The topological polar surface area (TPSA) is 51.5 Å². The second kappa shape index (κ2) is 2.43. The Balaban J connectivity index is 3.01. The van der Waals surface area contributed by atoms with E-state index in [1.807, 2.05) is 0 Å². The number of hydrogen-bond donors (Lipinski definition) is 1. The van der Waals surface area contributed by atoms with Gasteiger partial charge < -0.3 is 9.94 Å². The molecular formula is C6H7NO3. The first-order valence-corrected chi connectivity index (χ1v) is 2.71. The number of hydrogen-bond acceptors (Lipinski definition) is 2. The summed E-state index contributed by atoms with van der Waals surface area (Å²) < 4.78 is 1.18. The molecule has 0 aliphatic carbocycles. The number of nitrogens with zero attached hydrogens (tertiary/aromatic N) is 1. The SMILES string of the molecule is COn1cccc1C(=O)O. The van der Waals surface area contributed by atoms with Gasteiger partial charge in [-0.05, 0) is 12.1 Å². The number of rotatable bonds is 2. The quantitative estimate of drug-likeness (QED) is 0.642. The van der Waals surface area contributed by atoms with Gasteiger partial charge in [-0.1, -0.05) is 0 Å². The maximum absolute atomic E-state index is 10.3. The molecule has 0 atom stereocenters. The van der Waals surface area contributed by atoms with E-state index in [1.165, 1.54) is 24.1 Å². The number of carboxylic acid groups (broad SMARTS) is 1. The van der Waals surface area contributed by atoms with E-state index in [0.717, 1.165) is 0 Å². The van der Waals surface area contributed by atoms with Gasteiger partial charge in [0, 0.05) is 6.20 Å². The third kappa shape index (κ3) is 0.953. The van der Waals surface area contributed by atoms with E-state index in [9.17, 15) is 4.79 Å². The lowest BCUT2D eigenvalue weighted by Crippen LogP contribution is -2.12. The minimum absolute atomic E-state index is 0.127. The zero-order valence-corrected chi connectivity index (χ0v) is 5.44. The Kier molecular flexibility index (Phi) is 1.62. The average Bonchev–Trinajstić information content (AvgIpc) is 2.33. The summed E-state index contributed by atoms with van der Waals surface area (Å²) >= 11 is 0. The summed E-state index contributed by atoms with van der Waals surface area (Å²) in [4.78, 5) is 15.0. The Labute approximate surface area is 57.6 Å². The average molecular weight is 141 g/mol. The highest BCUT2D eigenvalue weighted by Gasteiger charge is 2.07. The van der Waals surface area contributed by atoms with Crippen LogP contribution in [0.1, 0.15) is 10.5 Å². The van der Waals surface area contributed by atoms with Gasteiger partial charge in [-0.25, -0.2) is 4.79 Å². The van der Waals surface area contributed by atoms with Gasteiger partial charge in [0.1, 0.15) is 7.11 Å². The predicted molar refractivity (Wildman–Crippen MR) is 33.9 cm³/mol. The van der Waals surface area contributed by atoms with Crippen molar-refractivity contribution in [2.45, 2.75) is 0 Å². The van der Waals surface area contributed by atoms with E-state index in [2.05, 4.69) is 4.84 Å². The molecule has 0 bridgehead atoms. The molecule has 0 saturated heterocycles. The summed E-state index contributed by atoms with van der Waals surface area (Å²) in [7, 11) is 1.41. The highest BCUT2D eigenvalue weighted by molar-refractivity contribution is 5.85. The van der Waals surface area contributed by atoms with Crippen LogP contribution in [0.4, 0.5) is 0 Å². The Bertz CT molecular complexity index is 241. The molecule has 0 aliphatic rings. The van der Waals surface area contributed by atoms with Crippen molar-refractivity contribution in [3.63, 3.8) is 0 Å². The Morgan fingerprint density at radius 2 is 2.50 bits per heavy atom. The van der Waals surface area contributed by atoms with Crippen molar-refractivity contribution in [3.8, 4) is 0 Å². The van der Waals surface area contributed by atoms with Crippen LogP contribution in [0, 0.1) is 0 Å². The van der Waals surface area contributed by atoms with Gasteiger partial charge in [0.05, 0.1) is 0 Å². The smallest absolute Gasteiger partial charge is 0.355 e. The molecule has 1 aromatic heterocycles. The van der Waals surface area contributed by atoms with Gasteiger partial charge in [-0.15, -0.1) is 0 Å². The van der Waals surface area contributed by atoms with Gasteiger partial charge >= 0.3 is 5.97 Å². The number of aromatic carboxylic acids is 1. The minimum Gasteiger partial charge on any atom is -0.476 e. The first-order valence-electron chi connectivity index (χ1n) is 2.71. The number of carboxylic acids is 1. The monoisotopic (exact) mass is 141 g/mol. The minimum atomic E-state index is -0.994. The third-order valence-electron chi connectivity index (χ3n) is 1.13. The fraction of sp³-hybridized carbons (Fsp3) is 0.167. The van der Waals surface area contributed by atoms with Crippen molar-refractivity contribution in [1.29, 1.82) is 0 Å². The van der Waals surface area contributed by atoms with Crippen LogP contribution in [-0.2, 0) is 0 Å². The van der Waals surface area contributed by atoms with E-state index in [1.54, 1.807) is 6.07 Å². The highest BCUT2D eigenvalue weighted by Crippen LogP contribution is 1.98. The zero-order chi connectivity index (χ0) is 7.56. The molecule has 4 nitrogen and oxygen atoms in total. The van der Waals surface area contributed by atoms with Crippen molar-refractivity contribution >= 4 is 5.97 Å². The maximum atomic E-state index is 10.3. The Hall–Kier alpha value is -1.45. The van der Waals surface area contributed by atoms with E-state index in [4.69, 9.17) is 5.11 Å². The van der Waals surface area contributed by atoms with Gasteiger partial charge in [0.25, 0.3) is 0 Å². The standard InChI is InChI=1S/C6H7NO3/c1-10-7-4-2-3-5(7)6(8)9/h2-4H,1H3,(H,8,9). The molecule has 0 aromatic carbocycles. The van der Waals surface area contributed by atoms with Crippen molar-refractivity contribution < 1.29 is 14.7 Å². The normalized spacial score (nSPS) is 9.30. The lowest BCUT2D eigenvalue weighted by Gasteiger charge is -2.00. The second-order valence-corrected chi connectivity index (χ2v) is 1.71. The van der Waals surface area contributed by atoms with Crippen LogP contribution in [0.5, 0.6) is 0 Å². The second-order valence-electron chi connectivity index (χ2n) is 1.71. The fourth-order valence-electron chi connectivity index (χ4n) is 0.691. The van der Waals surface area contributed by atoms with Gasteiger partial charge in [0.15, 0.2) is 5.69 Å². The summed E-state index contributed by atoms with van der Waals surface area (Å²) in [5, 5.41) is 8.48. The molecule has 0 aliphatic heterocycles. The fourth-order valence-corrected chi connectivity index (χ4v) is 0.691. The largest absolute Gasteiger partial charge is 0.476 e. The summed E-state index contributed by atoms with van der Waals surface area (Å²) in [6.07, 6.45) is 1.53. The van der Waals surface area contributed by atoms with Crippen LogP contribution in [0.15, 0.2) is 18.3 Å². The van der Waals surface area contributed by atoms with E-state index in [0.29, 0.717) is 0 Å². The van der Waals surface area contributed by atoms with Crippen molar-refractivity contribution in [1.82, 2.24) is 4.73 Å². The van der Waals surface area contributed by atoms with Gasteiger partial charge in [-0.2, -0.15) is 4.73 Å². The number of aromatic nitrogens is 1. The van der Waals surface area contributed by atoms with Gasteiger partial charge in [-0.3, -0.25) is 0 Å². The summed E-state index contributed by atoms with van der Waals surface area (Å²) in [6.45, 7) is 0. The summed E-state index contributed by atoms with van der Waals surface area (Å²) in [6, 6.07) is 3.07. The molecule has 4 heteroatoms. The molecule has 54 valence electrons. The van der Waals surface area contributed by atoms with Crippen LogP contribution < -0.4 is 4.84 Å². The molecule has 0 radical (unpaired) electrons. The first kappa shape index (κ1) is 6.67. The van der Waals surface area contributed by atoms with Crippen LogP contribution in [0.2, 0.25) is 0 Å². The molecular weight excluding hydrogens is 134 g/mol. The molecule has 0 amide bonds. The predicted octanol–water partition coefficient (Wildman–Crippen LogP) is 0.245. The molecule has 0 spiro atoms. The molecule has 0 unspecified atom stereocenters. The maximum Gasteiger partial charge on any atom is 0.355 e. The van der Waals surface area contributed by atoms with Crippen molar-refractivity contribution in [2.24, 2.45) is 0 Å². The zero-order valence-electron chi connectivity index (χ0n) is 5.44. The molecule has 1 heterocycles. The molecule has 1 N–H and O–H groups in total. The Morgan fingerprint density at radius 1 is 1.80 bits per heavy atom. The molecule has 10 heavy (non-hydrogen) atoms. The molecule has 1 rings (SSSR count). The van der Waals surface area contributed by atoms with Crippen LogP contribution >= 0.6 is 0 Å². The molecule has 0 saturated carbocycles. The Morgan fingerprint density at radius 3 is 2.90 bits per heavy atom. The van der Waals surface area contributed by atoms with Gasteiger partial charge in [0.2, 0.25) is 0 Å². The van der Waals surface area contributed by atoms with Crippen LogP contribution in [0.3, 0.4) is 0 Å². The summed E-state index contributed by atoms with van der Waals surface area (Å²) in [5.74, 6) is -0.994. The lowest BCUT2D eigenvalue weighted by molar-refractivity contribution is 0.0639. The van der Waals surface area contributed by atoms with Crippen LogP contribution in [0.25, 0.3) is 0 Å². The van der Waals surface area contributed by atoms with Crippen molar-refractivity contribution in [3.05, 3.63) is 24.0 Å². The highest BCUT2D eigenvalue weighted by atomic mass is 16.6. The van der Waals surface area contributed by atoms with E-state index in [-0.39, 0.29) is 5.69 Å². The van der Waals surface area contributed by atoms with Crippen molar-refractivity contribution in [2.75, 3.05) is 7.11 Å². The number of carbonyl (C=O) groups is 1. The first-order chi connectivity index (χ1) is 4.75. The van der Waals surface area contributed by atoms with E-state index < -0.39 is 5.97 Å².